The lowest BCUT2D eigenvalue weighted by Crippen LogP contribution is -2.03. The lowest BCUT2D eigenvalue weighted by atomic mass is 10.3. The molecule has 3 nitrogen and oxygen atoms in total. The first-order valence-corrected chi connectivity index (χ1v) is 6.90. The van der Waals surface area contributed by atoms with Gasteiger partial charge in [-0.1, -0.05) is 47.8 Å². The fourth-order valence-electron chi connectivity index (χ4n) is 1.55. The number of anilines is 2. The molecule has 0 aliphatic heterocycles. The smallest absolute Gasteiger partial charge is 0.138 e. The molecule has 0 aliphatic rings. The molecule has 1 N–H and O–H groups in total. The van der Waals surface area contributed by atoms with E-state index in [-0.39, 0.29) is 0 Å². The summed E-state index contributed by atoms with van der Waals surface area (Å²) in [6, 6.07) is 5.30. The summed E-state index contributed by atoms with van der Waals surface area (Å²) >= 11 is 18.3. The molecule has 0 unspecified atom stereocenters. The molecule has 0 radical (unpaired) electrons. The van der Waals surface area contributed by atoms with Crippen LogP contribution in [0.4, 0.5) is 11.5 Å². The van der Waals surface area contributed by atoms with Crippen molar-refractivity contribution in [2.24, 2.45) is 0 Å². The maximum atomic E-state index is 6.12. The summed E-state index contributed by atoms with van der Waals surface area (Å²) in [6.07, 6.45) is 0.699. The van der Waals surface area contributed by atoms with Crippen LogP contribution in [0, 0.1) is 6.92 Å². The number of benzene rings is 1. The fourth-order valence-corrected chi connectivity index (χ4v) is 2.23. The van der Waals surface area contributed by atoms with Crippen molar-refractivity contribution in [1.82, 2.24) is 9.97 Å². The molecule has 1 heterocycles. The number of aryl methyl sites for hydroxylation is 1. The van der Waals surface area contributed by atoms with Gasteiger partial charge in [-0.05, 0) is 19.1 Å². The molecule has 2 aromatic rings. The molecule has 2 rings (SSSR count). The van der Waals surface area contributed by atoms with E-state index in [9.17, 15) is 0 Å². The first kappa shape index (κ1) is 14.4. The molecule has 1 aromatic heterocycles. The van der Waals surface area contributed by atoms with Gasteiger partial charge >= 0.3 is 0 Å². The summed E-state index contributed by atoms with van der Waals surface area (Å²) in [5.74, 6) is 1.29. The summed E-state index contributed by atoms with van der Waals surface area (Å²) < 4.78 is 0. The lowest BCUT2D eigenvalue weighted by molar-refractivity contribution is 0.934. The van der Waals surface area contributed by atoms with Gasteiger partial charge in [0.2, 0.25) is 0 Å². The van der Waals surface area contributed by atoms with Crippen LogP contribution < -0.4 is 5.32 Å². The van der Waals surface area contributed by atoms with E-state index in [0.717, 1.165) is 5.56 Å². The third-order valence-electron chi connectivity index (χ3n) is 2.66. The third kappa shape index (κ3) is 3.11. The van der Waals surface area contributed by atoms with Crippen LogP contribution in [0.25, 0.3) is 0 Å². The number of hydrogen-bond donors (Lipinski definition) is 1. The Hall–Kier alpha value is -1.03. The van der Waals surface area contributed by atoms with Crippen LogP contribution in [0.15, 0.2) is 18.2 Å². The first-order valence-electron chi connectivity index (χ1n) is 5.77. The van der Waals surface area contributed by atoms with Crippen molar-refractivity contribution in [3.8, 4) is 0 Å². The average Bonchev–Trinajstić information content (AvgIpc) is 2.38. The van der Waals surface area contributed by atoms with Gasteiger partial charge in [-0.25, -0.2) is 9.97 Å². The van der Waals surface area contributed by atoms with Gasteiger partial charge in [-0.2, -0.15) is 0 Å². The van der Waals surface area contributed by atoms with E-state index in [0.29, 0.717) is 38.9 Å². The number of para-hydroxylation sites is 1. The maximum absolute atomic E-state index is 6.12. The van der Waals surface area contributed by atoms with Gasteiger partial charge in [-0.3, -0.25) is 0 Å². The Labute approximate surface area is 126 Å². The van der Waals surface area contributed by atoms with E-state index in [1.165, 1.54) is 0 Å². The fraction of sp³-hybridized carbons (Fsp3) is 0.231. The Kier molecular flexibility index (Phi) is 4.50. The number of aromatic nitrogens is 2. The molecule has 0 saturated heterocycles. The standard InChI is InChI=1S/C13H12Cl3N3/c1-3-10-17-12(16)7(2)13(18-10)19-11-8(14)5-4-6-9(11)15/h4-6H,3H2,1-2H3,(H,17,18,19). The Morgan fingerprint density at radius 1 is 1.11 bits per heavy atom. The molecule has 1 aromatic carbocycles. The lowest BCUT2D eigenvalue weighted by Gasteiger charge is -2.13. The second-order valence-electron chi connectivity index (χ2n) is 3.98. The van der Waals surface area contributed by atoms with Crippen LogP contribution in [-0.2, 0) is 6.42 Å². The zero-order chi connectivity index (χ0) is 14.0. The van der Waals surface area contributed by atoms with E-state index >= 15 is 0 Å². The highest BCUT2D eigenvalue weighted by molar-refractivity contribution is 6.39. The normalized spacial score (nSPS) is 10.6. The minimum Gasteiger partial charge on any atom is -0.337 e. The van der Waals surface area contributed by atoms with Crippen molar-refractivity contribution in [2.75, 3.05) is 5.32 Å². The topological polar surface area (TPSA) is 37.8 Å². The van der Waals surface area contributed by atoms with Crippen LogP contribution in [0.1, 0.15) is 18.3 Å². The Balaban J connectivity index is 2.46. The predicted octanol–water partition coefficient (Wildman–Crippen LogP) is 5.05. The van der Waals surface area contributed by atoms with Gasteiger partial charge < -0.3 is 5.32 Å². The molecule has 100 valence electrons. The van der Waals surface area contributed by atoms with Gasteiger partial charge in [0, 0.05) is 12.0 Å². The van der Waals surface area contributed by atoms with Gasteiger partial charge in [0.15, 0.2) is 0 Å². The van der Waals surface area contributed by atoms with E-state index in [2.05, 4.69) is 15.3 Å². The molecular weight excluding hydrogens is 305 g/mol. The van der Waals surface area contributed by atoms with Crippen LogP contribution in [0.2, 0.25) is 15.2 Å². The molecule has 0 aliphatic carbocycles. The number of rotatable bonds is 3. The second kappa shape index (κ2) is 5.95. The molecule has 0 saturated carbocycles. The van der Waals surface area contributed by atoms with Crippen LogP contribution in [-0.4, -0.2) is 9.97 Å². The number of hydrogen-bond acceptors (Lipinski definition) is 3. The zero-order valence-corrected chi connectivity index (χ0v) is 12.7. The molecule has 0 fully saturated rings. The number of nitrogens with one attached hydrogen (secondary N) is 1. The monoisotopic (exact) mass is 315 g/mol. The van der Waals surface area contributed by atoms with Gasteiger partial charge in [0.1, 0.15) is 16.8 Å². The minimum absolute atomic E-state index is 0.428. The van der Waals surface area contributed by atoms with Gasteiger partial charge in [-0.15, -0.1) is 0 Å². The molecule has 0 atom stereocenters. The third-order valence-corrected chi connectivity index (χ3v) is 3.65. The van der Waals surface area contributed by atoms with E-state index in [1.54, 1.807) is 18.2 Å². The Bertz CT molecular complexity index is 594. The minimum atomic E-state index is 0.428. The average molecular weight is 317 g/mol. The summed E-state index contributed by atoms with van der Waals surface area (Å²) in [6.45, 7) is 3.81. The van der Waals surface area contributed by atoms with Gasteiger partial charge in [0.05, 0.1) is 15.7 Å². The Morgan fingerprint density at radius 3 is 2.32 bits per heavy atom. The first-order chi connectivity index (χ1) is 9.02. The van der Waals surface area contributed by atoms with Crippen molar-refractivity contribution in [2.45, 2.75) is 20.3 Å². The van der Waals surface area contributed by atoms with E-state index in [1.807, 2.05) is 13.8 Å². The molecule has 0 bridgehead atoms. The Morgan fingerprint density at radius 2 is 1.74 bits per heavy atom. The molecule has 0 spiro atoms. The van der Waals surface area contributed by atoms with Crippen LogP contribution >= 0.6 is 34.8 Å². The van der Waals surface area contributed by atoms with Gasteiger partial charge in [0.25, 0.3) is 0 Å². The van der Waals surface area contributed by atoms with E-state index < -0.39 is 0 Å². The van der Waals surface area contributed by atoms with Crippen LogP contribution in [0.5, 0.6) is 0 Å². The molecule has 6 heteroatoms. The maximum Gasteiger partial charge on any atom is 0.138 e. The highest BCUT2D eigenvalue weighted by atomic mass is 35.5. The van der Waals surface area contributed by atoms with Crippen molar-refractivity contribution >= 4 is 46.3 Å². The largest absolute Gasteiger partial charge is 0.337 e. The highest BCUT2D eigenvalue weighted by Crippen LogP contribution is 2.33. The van der Waals surface area contributed by atoms with Crippen molar-refractivity contribution in [3.05, 3.63) is 44.8 Å². The molecule has 19 heavy (non-hydrogen) atoms. The SMILES string of the molecule is CCc1nc(Cl)c(C)c(Nc2c(Cl)cccc2Cl)n1. The number of nitrogens with zero attached hydrogens (tertiary/aromatic N) is 2. The zero-order valence-electron chi connectivity index (χ0n) is 10.5. The predicted molar refractivity (Wildman–Crippen MR) is 80.9 cm³/mol. The summed E-state index contributed by atoms with van der Waals surface area (Å²) in [5, 5.41) is 4.61. The molecule has 0 amide bonds. The summed E-state index contributed by atoms with van der Waals surface area (Å²) in [4.78, 5) is 8.59. The van der Waals surface area contributed by atoms with Crippen molar-refractivity contribution in [1.29, 1.82) is 0 Å². The quantitative estimate of drug-likeness (QED) is 0.805. The second-order valence-corrected chi connectivity index (χ2v) is 5.15. The summed E-state index contributed by atoms with van der Waals surface area (Å²) in [7, 11) is 0. The number of halogens is 3. The molecular formula is C13H12Cl3N3. The van der Waals surface area contributed by atoms with E-state index in [4.69, 9.17) is 34.8 Å². The van der Waals surface area contributed by atoms with Crippen LogP contribution in [0.3, 0.4) is 0 Å². The van der Waals surface area contributed by atoms with Crippen molar-refractivity contribution in [3.63, 3.8) is 0 Å². The van der Waals surface area contributed by atoms with Crippen molar-refractivity contribution < 1.29 is 0 Å². The highest BCUT2D eigenvalue weighted by Gasteiger charge is 2.12. The summed E-state index contributed by atoms with van der Waals surface area (Å²) in [5.41, 5.74) is 1.38.